The number of aromatic nitrogens is 3. The predicted molar refractivity (Wildman–Crippen MR) is 95.1 cm³/mol. The summed E-state index contributed by atoms with van der Waals surface area (Å²) in [6.45, 7) is 1.77. The number of benzene rings is 1. The maximum atomic E-state index is 12.0. The van der Waals surface area contributed by atoms with Crippen LogP contribution in [0.25, 0.3) is 5.82 Å². The smallest absolute Gasteiger partial charge is 0.258 e. The molecule has 2 aromatic heterocycles. The van der Waals surface area contributed by atoms with E-state index in [4.69, 9.17) is 4.74 Å². The zero-order valence-electron chi connectivity index (χ0n) is 14.3. The molecule has 0 bridgehead atoms. The molecule has 1 amide bonds. The van der Waals surface area contributed by atoms with Gasteiger partial charge in [-0.3, -0.25) is 14.2 Å². The largest absolute Gasteiger partial charge is 0.484 e. The van der Waals surface area contributed by atoms with E-state index in [2.05, 4.69) is 15.3 Å². The Hall–Kier alpha value is -3.48. The fraction of sp³-hybridized carbons (Fsp3) is 0.158. The monoisotopic (exact) mass is 350 g/mol. The Balaban J connectivity index is 1.50. The van der Waals surface area contributed by atoms with E-state index in [9.17, 15) is 9.59 Å². The Morgan fingerprint density at radius 2 is 1.96 bits per heavy atom. The number of nitrogens with zero attached hydrogens (tertiary/aromatic N) is 3. The molecule has 0 fully saturated rings. The highest BCUT2D eigenvalue weighted by atomic mass is 16.5. The van der Waals surface area contributed by atoms with Crippen LogP contribution in [0.15, 0.2) is 61.3 Å². The Morgan fingerprint density at radius 3 is 2.65 bits per heavy atom. The van der Waals surface area contributed by atoms with Gasteiger partial charge in [0.05, 0.1) is 0 Å². The molecule has 3 aromatic rings. The molecule has 1 aromatic carbocycles. The first-order valence-corrected chi connectivity index (χ1v) is 8.05. The molecule has 1 N–H and O–H groups in total. The molecule has 0 saturated heterocycles. The van der Waals surface area contributed by atoms with Crippen molar-refractivity contribution in [2.24, 2.45) is 0 Å². The molecule has 0 atom stereocenters. The Labute approximate surface area is 150 Å². The van der Waals surface area contributed by atoms with Crippen molar-refractivity contribution in [3.05, 3.63) is 72.4 Å². The first kappa shape index (κ1) is 17.3. The van der Waals surface area contributed by atoms with Crippen LogP contribution in [0.1, 0.15) is 22.8 Å². The minimum atomic E-state index is -0.235. The number of imidazole rings is 1. The summed E-state index contributed by atoms with van der Waals surface area (Å²) in [4.78, 5) is 31.4. The summed E-state index contributed by atoms with van der Waals surface area (Å²) >= 11 is 0. The van der Waals surface area contributed by atoms with Crippen LogP contribution in [0.3, 0.4) is 0 Å². The number of ketones is 1. The number of nitrogens with one attached hydrogen (secondary N) is 1. The van der Waals surface area contributed by atoms with Crippen molar-refractivity contribution in [2.45, 2.75) is 13.5 Å². The maximum Gasteiger partial charge on any atom is 0.258 e. The first-order valence-electron chi connectivity index (χ1n) is 8.05. The maximum absolute atomic E-state index is 12.0. The van der Waals surface area contributed by atoms with Gasteiger partial charge in [-0.25, -0.2) is 9.97 Å². The van der Waals surface area contributed by atoms with Crippen LogP contribution < -0.4 is 10.1 Å². The zero-order valence-corrected chi connectivity index (χ0v) is 14.3. The van der Waals surface area contributed by atoms with Crippen molar-refractivity contribution in [3.63, 3.8) is 0 Å². The van der Waals surface area contributed by atoms with Crippen LogP contribution in [0.2, 0.25) is 0 Å². The SMILES string of the molecule is CC(=O)c1ccc(OCC(=O)NCc2ccnc(-n3ccnc3)c2)cc1. The van der Waals surface area contributed by atoms with Gasteiger partial charge in [0.15, 0.2) is 12.4 Å². The number of Topliss-reactive ketones (excluding diaryl/α,β-unsaturated/α-hetero) is 1. The number of carbonyl (C=O) groups excluding carboxylic acids is 2. The molecule has 26 heavy (non-hydrogen) atoms. The molecule has 0 saturated carbocycles. The summed E-state index contributed by atoms with van der Waals surface area (Å²) in [5.41, 5.74) is 1.52. The lowest BCUT2D eigenvalue weighted by Crippen LogP contribution is -2.28. The van der Waals surface area contributed by atoms with Gasteiger partial charge in [0.25, 0.3) is 5.91 Å². The summed E-state index contributed by atoms with van der Waals surface area (Å²) in [5.74, 6) is 1.02. The lowest BCUT2D eigenvalue weighted by atomic mass is 10.1. The number of pyridine rings is 1. The molecule has 0 aliphatic heterocycles. The van der Waals surface area contributed by atoms with Gasteiger partial charge in [-0.15, -0.1) is 0 Å². The van der Waals surface area contributed by atoms with E-state index >= 15 is 0 Å². The summed E-state index contributed by atoms with van der Waals surface area (Å²) in [6.07, 6.45) is 6.83. The normalized spacial score (nSPS) is 10.3. The highest BCUT2D eigenvalue weighted by molar-refractivity contribution is 5.94. The van der Waals surface area contributed by atoms with Gasteiger partial charge in [0.1, 0.15) is 17.9 Å². The number of rotatable bonds is 7. The van der Waals surface area contributed by atoms with E-state index in [0.29, 0.717) is 17.9 Å². The van der Waals surface area contributed by atoms with Crippen LogP contribution in [0.4, 0.5) is 0 Å². The molecular weight excluding hydrogens is 332 g/mol. The number of carbonyl (C=O) groups is 2. The van der Waals surface area contributed by atoms with E-state index in [1.165, 1.54) is 6.92 Å². The second-order valence-electron chi connectivity index (χ2n) is 5.64. The first-order chi connectivity index (χ1) is 12.6. The molecule has 0 unspecified atom stereocenters. The Bertz CT molecular complexity index is 889. The van der Waals surface area contributed by atoms with Gasteiger partial charge in [0, 0.05) is 30.7 Å². The van der Waals surface area contributed by atoms with Crippen molar-refractivity contribution >= 4 is 11.7 Å². The number of amides is 1. The van der Waals surface area contributed by atoms with Gasteiger partial charge in [-0.05, 0) is 48.9 Å². The Morgan fingerprint density at radius 1 is 1.15 bits per heavy atom. The molecule has 0 radical (unpaired) electrons. The molecule has 3 rings (SSSR count). The van der Waals surface area contributed by atoms with Gasteiger partial charge >= 0.3 is 0 Å². The second-order valence-corrected chi connectivity index (χ2v) is 5.64. The van der Waals surface area contributed by atoms with E-state index < -0.39 is 0 Å². The lowest BCUT2D eigenvalue weighted by molar-refractivity contribution is -0.123. The van der Waals surface area contributed by atoms with E-state index in [1.807, 2.05) is 12.1 Å². The average molecular weight is 350 g/mol. The van der Waals surface area contributed by atoms with Crippen LogP contribution in [-0.2, 0) is 11.3 Å². The lowest BCUT2D eigenvalue weighted by Gasteiger charge is -2.09. The van der Waals surface area contributed by atoms with Crippen molar-refractivity contribution in [1.82, 2.24) is 19.9 Å². The minimum absolute atomic E-state index is 0.0123. The van der Waals surface area contributed by atoms with E-state index in [0.717, 1.165) is 11.4 Å². The third-order valence-electron chi connectivity index (χ3n) is 3.70. The molecule has 7 nitrogen and oxygen atoms in total. The fourth-order valence-corrected chi connectivity index (χ4v) is 2.29. The number of hydrogen-bond acceptors (Lipinski definition) is 5. The number of ether oxygens (including phenoxy) is 1. The summed E-state index contributed by atoms with van der Waals surface area (Å²) in [6, 6.07) is 10.4. The van der Waals surface area contributed by atoms with E-state index in [-0.39, 0.29) is 18.3 Å². The second kappa shape index (κ2) is 8.06. The summed E-state index contributed by atoms with van der Waals surface area (Å²) < 4.78 is 7.22. The zero-order chi connectivity index (χ0) is 18.4. The highest BCUT2D eigenvalue weighted by Gasteiger charge is 2.05. The van der Waals surface area contributed by atoms with Crippen LogP contribution in [-0.4, -0.2) is 32.8 Å². The third-order valence-corrected chi connectivity index (χ3v) is 3.70. The van der Waals surface area contributed by atoms with Crippen LogP contribution >= 0.6 is 0 Å². The quantitative estimate of drug-likeness (QED) is 0.660. The fourth-order valence-electron chi connectivity index (χ4n) is 2.29. The van der Waals surface area contributed by atoms with E-state index in [1.54, 1.807) is 53.8 Å². The summed E-state index contributed by atoms with van der Waals surface area (Å²) in [5, 5.41) is 2.80. The van der Waals surface area contributed by atoms with Crippen LogP contribution in [0, 0.1) is 0 Å². The van der Waals surface area contributed by atoms with Crippen molar-refractivity contribution in [1.29, 1.82) is 0 Å². The van der Waals surface area contributed by atoms with Gasteiger partial charge in [-0.1, -0.05) is 0 Å². The van der Waals surface area contributed by atoms with Crippen LogP contribution in [0.5, 0.6) is 5.75 Å². The molecular formula is C19H18N4O3. The molecule has 2 heterocycles. The topological polar surface area (TPSA) is 86.1 Å². The molecule has 132 valence electrons. The third kappa shape index (κ3) is 4.54. The van der Waals surface area contributed by atoms with Gasteiger partial charge in [-0.2, -0.15) is 0 Å². The predicted octanol–water partition coefficient (Wildman–Crippen LogP) is 2.17. The Kier molecular flexibility index (Phi) is 5.38. The standard InChI is InChI=1S/C19H18N4O3/c1-14(24)16-2-4-17(5-3-16)26-12-19(25)22-11-15-6-7-21-18(10-15)23-9-8-20-13-23/h2-10,13H,11-12H2,1H3,(H,22,25). The molecule has 0 aliphatic rings. The number of hydrogen-bond donors (Lipinski definition) is 1. The average Bonchev–Trinajstić information content (AvgIpc) is 3.20. The molecule has 0 spiro atoms. The minimum Gasteiger partial charge on any atom is -0.484 e. The summed E-state index contributed by atoms with van der Waals surface area (Å²) in [7, 11) is 0. The van der Waals surface area contributed by atoms with Crippen molar-refractivity contribution in [3.8, 4) is 11.6 Å². The van der Waals surface area contributed by atoms with Crippen molar-refractivity contribution < 1.29 is 14.3 Å². The molecule has 0 aliphatic carbocycles. The highest BCUT2D eigenvalue weighted by Crippen LogP contribution is 2.12. The van der Waals surface area contributed by atoms with Gasteiger partial charge < -0.3 is 10.1 Å². The van der Waals surface area contributed by atoms with Gasteiger partial charge in [0.2, 0.25) is 0 Å². The molecule has 7 heteroatoms. The van der Waals surface area contributed by atoms with Crippen molar-refractivity contribution in [2.75, 3.05) is 6.61 Å².